The number of hydrogen-bond acceptors (Lipinski definition) is 1. The Bertz CT molecular complexity index is 480. The zero-order valence-corrected chi connectivity index (χ0v) is 17.1. The fourth-order valence-corrected chi connectivity index (χ4v) is 3.37. The molecule has 0 saturated carbocycles. The van der Waals surface area contributed by atoms with E-state index in [-0.39, 0.29) is 10.8 Å². The van der Waals surface area contributed by atoms with Crippen molar-refractivity contribution in [3.8, 4) is 0 Å². The lowest BCUT2D eigenvalue weighted by molar-refractivity contribution is 0.426. The number of imidazole rings is 1. The Kier molecular flexibility index (Phi) is 6.92. The van der Waals surface area contributed by atoms with Crippen LogP contribution in [0.5, 0.6) is 0 Å². The summed E-state index contributed by atoms with van der Waals surface area (Å²) in [7, 11) is 0. The molecule has 1 atom stereocenters. The third kappa shape index (κ3) is 4.84. The molecule has 2 heteroatoms. The zero-order chi connectivity index (χ0) is 17.8. The van der Waals surface area contributed by atoms with Gasteiger partial charge in [0, 0.05) is 22.4 Å². The highest BCUT2D eigenvalue weighted by atomic mass is 15.0. The second kappa shape index (κ2) is 7.85. The Morgan fingerprint density at radius 2 is 1.52 bits per heavy atom. The molecule has 0 saturated heterocycles. The molecule has 23 heavy (non-hydrogen) atoms. The van der Waals surface area contributed by atoms with Gasteiger partial charge in [0.2, 0.25) is 0 Å². The van der Waals surface area contributed by atoms with E-state index in [1.165, 1.54) is 49.3 Å². The first-order chi connectivity index (χ1) is 10.6. The van der Waals surface area contributed by atoms with Gasteiger partial charge in [-0.25, -0.2) is 4.98 Å². The van der Waals surface area contributed by atoms with Crippen LogP contribution in [0.15, 0.2) is 0 Å². The van der Waals surface area contributed by atoms with Crippen LogP contribution in [0.2, 0.25) is 0 Å². The molecule has 1 aromatic heterocycles. The fraction of sp³-hybridized carbons (Fsp3) is 0.857. The summed E-state index contributed by atoms with van der Waals surface area (Å²) in [6, 6.07) is 0. The summed E-state index contributed by atoms with van der Waals surface area (Å²) in [5.41, 5.74) is 2.95. The average Bonchev–Trinajstić information content (AvgIpc) is 2.91. The minimum Gasteiger partial charge on any atom is -0.345 e. The molecule has 1 unspecified atom stereocenters. The van der Waals surface area contributed by atoms with E-state index in [1.807, 2.05) is 0 Å². The zero-order valence-electron chi connectivity index (χ0n) is 17.1. The summed E-state index contributed by atoms with van der Waals surface area (Å²) >= 11 is 0. The number of nitrogens with zero attached hydrogens (tertiary/aromatic N) is 1. The van der Waals surface area contributed by atoms with Crippen molar-refractivity contribution in [2.45, 2.75) is 111 Å². The van der Waals surface area contributed by atoms with E-state index in [9.17, 15) is 0 Å². The van der Waals surface area contributed by atoms with Gasteiger partial charge < -0.3 is 4.98 Å². The van der Waals surface area contributed by atoms with Crippen molar-refractivity contribution >= 4 is 0 Å². The lowest BCUT2D eigenvalue weighted by Gasteiger charge is -2.26. The standard InChI is InChI=1S/C21H40N2/c1-10-12-14-21(8,9)19-22-17(16(5)15(3)4)18(23-19)20(6,7)13-11-2/h15-16H,10-14H2,1-9H3,(H,22,23). The topological polar surface area (TPSA) is 28.7 Å². The molecule has 0 amide bonds. The maximum Gasteiger partial charge on any atom is 0.112 e. The second-order valence-corrected chi connectivity index (χ2v) is 9.00. The van der Waals surface area contributed by atoms with E-state index in [2.05, 4.69) is 67.3 Å². The van der Waals surface area contributed by atoms with Gasteiger partial charge in [-0.15, -0.1) is 0 Å². The summed E-state index contributed by atoms with van der Waals surface area (Å²) in [5.74, 6) is 2.33. The van der Waals surface area contributed by atoms with Crippen LogP contribution in [-0.2, 0) is 10.8 Å². The van der Waals surface area contributed by atoms with Crippen molar-refractivity contribution in [3.05, 3.63) is 17.2 Å². The number of aromatic amines is 1. The molecule has 0 aliphatic heterocycles. The maximum atomic E-state index is 5.17. The minimum atomic E-state index is 0.127. The Labute approximate surface area is 144 Å². The predicted octanol–water partition coefficient (Wildman–Crippen LogP) is 6.71. The number of unbranched alkanes of at least 4 members (excludes halogenated alkanes) is 1. The molecule has 1 N–H and O–H groups in total. The van der Waals surface area contributed by atoms with Crippen LogP contribution in [0.25, 0.3) is 0 Å². The monoisotopic (exact) mass is 320 g/mol. The minimum absolute atomic E-state index is 0.127. The van der Waals surface area contributed by atoms with Gasteiger partial charge in [0.15, 0.2) is 0 Å². The summed E-state index contributed by atoms with van der Waals surface area (Å²) in [6.45, 7) is 20.9. The van der Waals surface area contributed by atoms with Gasteiger partial charge in [0.1, 0.15) is 5.82 Å². The van der Waals surface area contributed by atoms with Crippen LogP contribution in [0.1, 0.15) is 118 Å². The molecule has 1 rings (SSSR count). The predicted molar refractivity (Wildman–Crippen MR) is 102 cm³/mol. The van der Waals surface area contributed by atoms with Gasteiger partial charge in [-0.2, -0.15) is 0 Å². The number of nitrogens with one attached hydrogen (secondary N) is 1. The highest BCUT2D eigenvalue weighted by Gasteiger charge is 2.33. The largest absolute Gasteiger partial charge is 0.345 e. The van der Waals surface area contributed by atoms with E-state index >= 15 is 0 Å². The van der Waals surface area contributed by atoms with Crippen molar-refractivity contribution in [1.29, 1.82) is 0 Å². The molecular formula is C21H40N2. The summed E-state index contributed by atoms with van der Waals surface area (Å²) in [5, 5.41) is 0. The first-order valence-corrected chi connectivity index (χ1v) is 9.67. The highest BCUT2D eigenvalue weighted by Crippen LogP contribution is 2.38. The van der Waals surface area contributed by atoms with Gasteiger partial charge in [0.05, 0.1) is 5.69 Å². The number of H-pyrrole nitrogens is 1. The molecule has 1 aromatic rings. The van der Waals surface area contributed by atoms with Crippen molar-refractivity contribution < 1.29 is 0 Å². The first kappa shape index (κ1) is 20.3. The van der Waals surface area contributed by atoms with E-state index in [4.69, 9.17) is 4.98 Å². The first-order valence-electron chi connectivity index (χ1n) is 9.67. The molecule has 0 aliphatic carbocycles. The molecule has 1 heterocycles. The van der Waals surface area contributed by atoms with Gasteiger partial charge in [-0.3, -0.25) is 0 Å². The molecule has 0 bridgehead atoms. The molecule has 0 fully saturated rings. The summed E-state index contributed by atoms with van der Waals surface area (Å²) in [4.78, 5) is 8.94. The Balaban J connectivity index is 3.32. The van der Waals surface area contributed by atoms with E-state index in [0.717, 1.165) is 0 Å². The average molecular weight is 321 g/mol. The van der Waals surface area contributed by atoms with Crippen LogP contribution in [-0.4, -0.2) is 9.97 Å². The van der Waals surface area contributed by atoms with Crippen molar-refractivity contribution in [1.82, 2.24) is 9.97 Å². The molecule has 0 aliphatic rings. The van der Waals surface area contributed by atoms with Crippen LogP contribution in [0, 0.1) is 5.92 Å². The smallest absolute Gasteiger partial charge is 0.112 e. The normalized spacial score (nSPS) is 14.5. The lowest BCUT2D eigenvalue weighted by atomic mass is 9.80. The Morgan fingerprint density at radius 3 is 2.00 bits per heavy atom. The number of hydrogen-bond donors (Lipinski definition) is 1. The summed E-state index contributed by atoms with van der Waals surface area (Å²) in [6.07, 6.45) is 6.08. The number of rotatable bonds is 9. The lowest BCUT2D eigenvalue weighted by Crippen LogP contribution is -2.22. The molecule has 0 spiro atoms. The Morgan fingerprint density at radius 1 is 0.913 bits per heavy atom. The Hall–Kier alpha value is -0.790. The molecule has 0 radical (unpaired) electrons. The van der Waals surface area contributed by atoms with E-state index in [0.29, 0.717) is 11.8 Å². The third-order valence-electron chi connectivity index (χ3n) is 5.50. The molecule has 0 aromatic carbocycles. The highest BCUT2D eigenvalue weighted by molar-refractivity contribution is 5.28. The van der Waals surface area contributed by atoms with Crippen molar-refractivity contribution in [3.63, 3.8) is 0 Å². The van der Waals surface area contributed by atoms with Crippen LogP contribution < -0.4 is 0 Å². The van der Waals surface area contributed by atoms with Crippen molar-refractivity contribution in [2.24, 2.45) is 5.92 Å². The van der Waals surface area contributed by atoms with Crippen LogP contribution in [0.3, 0.4) is 0 Å². The summed E-state index contributed by atoms with van der Waals surface area (Å²) < 4.78 is 0. The van der Waals surface area contributed by atoms with E-state index < -0.39 is 0 Å². The van der Waals surface area contributed by atoms with Gasteiger partial charge >= 0.3 is 0 Å². The number of aromatic nitrogens is 2. The van der Waals surface area contributed by atoms with Crippen LogP contribution in [0.4, 0.5) is 0 Å². The van der Waals surface area contributed by atoms with Crippen LogP contribution >= 0.6 is 0 Å². The fourth-order valence-electron chi connectivity index (χ4n) is 3.37. The third-order valence-corrected chi connectivity index (χ3v) is 5.50. The second-order valence-electron chi connectivity index (χ2n) is 9.00. The van der Waals surface area contributed by atoms with Gasteiger partial charge in [-0.05, 0) is 18.8 Å². The van der Waals surface area contributed by atoms with Gasteiger partial charge in [-0.1, -0.05) is 81.6 Å². The molecule has 134 valence electrons. The molecule has 2 nitrogen and oxygen atoms in total. The van der Waals surface area contributed by atoms with E-state index in [1.54, 1.807) is 0 Å². The quantitative estimate of drug-likeness (QED) is 0.538. The van der Waals surface area contributed by atoms with Gasteiger partial charge in [0.25, 0.3) is 0 Å². The SMILES string of the molecule is CCCCC(C)(C)c1nc(C(C)(C)CCC)c(C(C)C(C)C)[nH]1. The van der Waals surface area contributed by atoms with Crippen molar-refractivity contribution in [2.75, 3.05) is 0 Å². The maximum absolute atomic E-state index is 5.17. The molecular weight excluding hydrogens is 280 g/mol.